The molecule has 2 N–H and O–H groups in total. The number of carbonyl (C=O) groups is 2. The van der Waals surface area contributed by atoms with Crippen molar-refractivity contribution in [2.75, 3.05) is 18.4 Å². The van der Waals surface area contributed by atoms with Crippen LogP contribution in [0.25, 0.3) is 0 Å². The average Bonchev–Trinajstić information content (AvgIpc) is 3.32. The van der Waals surface area contributed by atoms with Crippen LogP contribution in [-0.4, -0.2) is 44.7 Å². The van der Waals surface area contributed by atoms with Crippen LogP contribution in [0.1, 0.15) is 54.5 Å². The Kier molecular flexibility index (Phi) is 5.96. The number of rotatable bonds is 5. The van der Waals surface area contributed by atoms with E-state index in [1.165, 1.54) is 6.33 Å². The number of amides is 3. The molecule has 3 amide bonds. The quantitative estimate of drug-likeness (QED) is 0.829. The zero-order valence-electron chi connectivity index (χ0n) is 16.9. The van der Waals surface area contributed by atoms with E-state index in [-0.39, 0.29) is 23.9 Å². The van der Waals surface area contributed by atoms with Crippen molar-refractivity contribution in [2.45, 2.75) is 39.7 Å². The van der Waals surface area contributed by atoms with Gasteiger partial charge in [-0.1, -0.05) is 13.8 Å². The molecule has 1 unspecified atom stereocenters. The van der Waals surface area contributed by atoms with Crippen molar-refractivity contribution in [1.29, 1.82) is 0 Å². The second-order valence-electron chi connectivity index (χ2n) is 7.59. The Morgan fingerprint density at radius 2 is 1.89 bits per heavy atom. The average molecular weight is 384 g/mol. The number of hydrogen-bond acceptors (Lipinski definition) is 4. The normalized spacial score (nSPS) is 15.0. The molecule has 2 aromatic rings. The molecule has 28 heavy (non-hydrogen) atoms. The smallest absolute Gasteiger partial charge is 0.319 e. The molecule has 0 bridgehead atoms. The van der Waals surface area contributed by atoms with Gasteiger partial charge in [-0.2, -0.15) is 5.10 Å². The summed E-state index contributed by atoms with van der Waals surface area (Å²) in [6, 6.07) is 4.81. The topological polar surface area (TPSA) is 92.2 Å². The van der Waals surface area contributed by atoms with Crippen molar-refractivity contribution in [2.24, 2.45) is 13.0 Å². The summed E-state index contributed by atoms with van der Waals surface area (Å²) in [5.41, 5.74) is 2.18. The van der Waals surface area contributed by atoms with Crippen LogP contribution in [0.2, 0.25) is 0 Å². The van der Waals surface area contributed by atoms with Gasteiger partial charge in [0.05, 0.1) is 6.04 Å². The van der Waals surface area contributed by atoms with E-state index < -0.39 is 0 Å². The van der Waals surface area contributed by atoms with Gasteiger partial charge in [-0.25, -0.2) is 9.78 Å². The highest BCUT2D eigenvalue weighted by Crippen LogP contribution is 2.22. The summed E-state index contributed by atoms with van der Waals surface area (Å²) in [4.78, 5) is 31.2. The zero-order valence-corrected chi connectivity index (χ0v) is 16.9. The highest BCUT2D eigenvalue weighted by Gasteiger charge is 2.23. The lowest BCUT2D eigenvalue weighted by Crippen LogP contribution is -2.36. The molecule has 1 atom stereocenters. The summed E-state index contributed by atoms with van der Waals surface area (Å²) in [7, 11) is 1.80. The summed E-state index contributed by atoms with van der Waals surface area (Å²) in [6.07, 6.45) is 3.60. The van der Waals surface area contributed by atoms with Crippen LogP contribution >= 0.6 is 0 Å². The molecule has 8 nitrogen and oxygen atoms in total. The van der Waals surface area contributed by atoms with Gasteiger partial charge in [0.1, 0.15) is 12.2 Å². The van der Waals surface area contributed by atoms with Gasteiger partial charge < -0.3 is 15.5 Å². The van der Waals surface area contributed by atoms with E-state index in [4.69, 9.17) is 0 Å². The van der Waals surface area contributed by atoms with Crippen molar-refractivity contribution in [3.05, 3.63) is 41.5 Å². The molecule has 1 fully saturated rings. The Bertz CT molecular complexity index is 854. The Morgan fingerprint density at radius 3 is 2.46 bits per heavy atom. The summed E-state index contributed by atoms with van der Waals surface area (Å²) < 4.78 is 1.66. The molecule has 0 radical (unpaired) electrons. The molecule has 150 valence electrons. The third-order valence-corrected chi connectivity index (χ3v) is 5.09. The molecular weight excluding hydrogens is 356 g/mol. The minimum Gasteiger partial charge on any atom is -0.339 e. The van der Waals surface area contributed by atoms with Gasteiger partial charge in [0.2, 0.25) is 0 Å². The van der Waals surface area contributed by atoms with Crippen LogP contribution in [0.15, 0.2) is 24.5 Å². The van der Waals surface area contributed by atoms with Crippen molar-refractivity contribution in [3.63, 3.8) is 0 Å². The summed E-state index contributed by atoms with van der Waals surface area (Å²) in [6.45, 7) is 7.56. The van der Waals surface area contributed by atoms with Crippen molar-refractivity contribution in [3.8, 4) is 0 Å². The van der Waals surface area contributed by atoms with Crippen LogP contribution in [-0.2, 0) is 7.05 Å². The number of nitrogens with one attached hydrogen (secondary N) is 2. The fraction of sp³-hybridized carbons (Fsp3) is 0.500. The number of benzene rings is 1. The van der Waals surface area contributed by atoms with Gasteiger partial charge in [0.15, 0.2) is 0 Å². The standard InChI is InChI=1S/C20H28N6O2/c1-13(2)17(18-21-12-22-25(18)4)24-20(28)23-16-8-7-15(11-14(16)3)19(27)26-9-5-6-10-26/h7-8,11-13,17H,5-6,9-10H2,1-4H3,(H2,23,24,28). The molecule has 2 heterocycles. The maximum Gasteiger partial charge on any atom is 0.319 e. The molecule has 8 heteroatoms. The van der Waals surface area contributed by atoms with Crippen LogP contribution in [0.3, 0.4) is 0 Å². The SMILES string of the molecule is Cc1cc(C(=O)N2CCCC2)ccc1NC(=O)NC(c1ncnn1C)C(C)C. The van der Waals surface area contributed by atoms with E-state index in [0.717, 1.165) is 31.5 Å². The highest BCUT2D eigenvalue weighted by atomic mass is 16.2. The second kappa shape index (κ2) is 8.41. The molecule has 0 spiro atoms. The molecule has 1 aromatic carbocycles. The lowest BCUT2D eigenvalue weighted by molar-refractivity contribution is 0.0792. The molecule has 1 aliphatic rings. The Morgan fingerprint density at radius 1 is 1.18 bits per heavy atom. The number of nitrogens with zero attached hydrogens (tertiary/aromatic N) is 4. The van der Waals surface area contributed by atoms with E-state index in [1.807, 2.05) is 31.7 Å². The number of likely N-dealkylation sites (tertiary alicyclic amines) is 1. The van der Waals surface area contributed by atoms with Gasteiger partial charge in [-0.15, -0.1) is 0 Å². The van der Waals surface area contributed by atoms with Crippen molar-refractivity contribution in [1.82, 2.24) is 25.0 Å². The van der Waals surface area contributed by atoms with Crippen LogP contribution in [0, 0.1) is 12.8 Å². The molecule has 0 aliphatic carbocycles. The number of carbonyl (C=O) groups excluding carboxylic acids is 2. The van der Waals surface area contributed by atoms with Gasteiger partial charge in [-0.3, -0.25) is 9.48 Å². The van der Waals surface area contributed by atoms with E-state index in [9.17, 15) is 9.59 Å². The third-order valence-electron chi connectivity index (χ3n) is 5.09. The molecule has 3 rings (SSSR count). The monoisotopic (exact) mass is 384 g/mol. The number of aromatic nitrogens is 3. The number of hydrogen-bond donors (Lipinski definition) is 2. The van der Waals surface area contributed by atoms with Gasteiger partial charge in [-0.05, 0) is 49.4 Å². The van der Waals surface area contributed by atoms with E-state index >= 15 is 0 Å². The molecule has 1 aliphatic heterocycles. The van der Waals surface area contributed by atoms with Crippen molar-refractivity contribution >= 4 is 17.6 Å². The lowest BCUT2D eigenvalue weighted by atomic mass is 10.0. The van der Waals surface area contributed by atoms with E-state index in [1.54, 1.807) is 23.9 Å². The number of urea groups is 1. The fourth-order valence-corrected chi connectivity index (χ4v) is 3.46. The molecule has 1 saturated heterocycles. The van der Waals surface area contributed by atoms with Crippen molar-refractivity contribution < 1.29 is 9.59 Å². The molecule has 1 aromatic heterocycles. The first-order valence-electron chi connectivity index (χ1n) is 9.68. The Balaban J connectivity index is 1.68. The van der Waals surface area contributed by atoms with Crippen LogP contribution in [0.4, 0.5) is 10.5 Å². The second-order valence-corrected chi connectivity index (χ2v) is 7.59. The number of aryl methyl sites for hydroxylation is 2. The van der Waals surface area contributed by atoms with Gasteiger partial charge >= 0.3 is 6.03 Å². The Labute approximate surface area is 165 Å². The summed E-state index contributed by atoms with van der Waals surface area (Å²) >= 11 is 0. The predicted octanol–water partition coefficient (Wildman–Crippen LogP) is 2.88. The molecular formula is C20H28N6O2. The Hall–Kier alpha value is -2.90. The fourth-order valence-electron chi connectivity index (χ4n) is 3.46. The minimum atomic E-state index is -0.316. The zero-order chi connectivity index (χ0) is 20.3. The van der Waals surface area contributed by atoms with E-state index in [2.05, 4.69) is 20.7 Å². The molecule has 0 saturated carbocycles. The first-order chi connectivity index (χ1) is 13.4. The maximum atomic E-state index is 12.6. The first-order valence-corrected chi connectivity index (χ1v) is 9.68. The summed E-state index contributed by atoms with van der Waals surface area (Å²) in [5.74, 6) is 0.905. The van der Waals surface area contributed by atoms with Crippen LogP contribution in [0.5, 0.6) is 0 Å². The highest BCUT2D eigenvalue weighted by molar-refractivity contribution is 5.96. The van der Waals surface area contributed by atoms with Gasteiger partial charge in [0.25, 0.3) is 5.91 Å². The van der Waals surface area contributed by atoms with E-state index in [0.29, 0.717) is 17.1 Å². The summed E-state index contributed by atoms with van der Waals surface area (Å²) in [5, 5.41) is 9.93. The largest absolute Gasteiger partial charge is 0.339 e. The van der Waals surface area contributed by atoms with Gasteiger partial charge in [0, 0.05) is 31.4 Å². The lowest BCUT2D eigenvalue weighted by Gasteiger charge is -2.22. The van der Waals surface area contributed by atoms with Crippen LogP contribution < -0.4 is 10.6 Å². The third kappa shape index (κ3) is 4.32. The predicted molar refractivity (Wildman–Crippen MR) is 107 cm³/mol. The first kappa shape index (κ1) is 19.9. The minimum absolute atomic E-state index is 0.0544. The number of anilines is 1. The maximum absolute atomic E-state index is 12.6.